The maximum atomic E-state index is 14.1. The molecule has 0 spiro atoms. The normalized spacial score (nSPS) is 11.4. The molecule has 1 heterocycles. The Kier molecular flexibility index (Phi) is 6.53. The van der Waals surface area contributed by atoms with Gasteiger partial charge in [0, 0.05) is 17.3 Å². The molecule has 0 saturated heterocycles. The van der Waals surface area contributed by atoms with E-state index in [1.54, 1.807) is 0 Å². The van der Waals surface area contributed by atoms with Crippen LogP contribution in [0.1, 0.15) is 13.3 Å². The summed E-state index contributed by atoms with van der Waals surface area (Å²) in [5.41, 5.74) is -0.189. The van der Waals surface area contributed by atoms with Crippen molar-refractivity contribution in [2.75, 3.05) is 15.8 Å². The molecule has 0 radical (unpaired) electrons. The average Bonchev–Trinajstić information content (AvgIpc) is 2.81. The number of carbonyl (C=O) groups excluding carboxylic acids is 1. The summed E-state index contributed by atoms with van der Waals surface area (Å²) >= 11 is 8.80. The maximum absolute atomic E-state index is 14.1. The van der Waals surface area contributed by atoms with Crippen molar-refractivity contribution in [3.05, 3.63) is 29.0 Å². The van der Waals surface area contributed by atoms with E-state index in [9.17, 15) is 22.7 Å². The molecule has 1 aromatic carbocycles. The minimum atomic E-state index is -3.85. The highest BCUT2D eigenvalue weighted by atomic mass is 79.9. The van der Waals surface area contributed by atoms with Gasteiger partial charge in [-0.05, 0) is 24.6 Å². The summed E-state index contributed by atoms with van der Waals surface area (Å²) in [4.78, 5) is 11.3. The van der Waals surface area contributed by atoms with Crippen molar-refractivity contribution in [1.29, 1.82) is 0 Å². The number of furan rings is 1. The van der Waals surface area contributed by atoms with Crippen LogP contribution in [-0.2, 0) is 14.8 Å². The van der Waals surface area contributed by atoms with Crippen LogP contribution in [-0.4, -0.2) is 30.6 Å². The summed E-state index contributed by atoms with van der Waals surface area (Å²) in [5, 5.41) is 10.8. The third kappa shape index (κ3) is 4.89. The second kappa shape index (κ2) is 8.28. The highest BCUT2D eigenvalue weighted by Crippen LogP contribution is 2.47. The van der Waals surface area contributed by atoms with Crippen LogP contribution in [0.25, 0.3) is 11.3 Å². The van der Waals surface area contributed by atoms with Crippen LogP contribution in [0.2, 0.25) is 5.02 Å². The fraction of sp³-hybridized carbons (Fsp3) is 0.267. The van der Waals surface area contributed by atoms with Gasteiger partial charge >= 0.3 is 5.97 Å². The van der Waals surface area contributed by atoms with Crippen LogP contribution in [0.15, 0.2) is 22.6 Å². The summed E-state index contributed by atoms with van der Waals surface area (Å²) in [6.07, 6.45) is 0.309. The monoisotopic (exact) mass is 469 g/mol. The molecule has 0 fully saturated rings. The Hall–Kier alpha value is -1.78. The number of esters is 1. The third-order valence-electron chi connectivity index (χ3n) is 3.06. The van der Waals surface area contributed by atoms with E-state index in [2.05, 4.69) is 20.7 Å². The molecular weight excluding hydrogens is 457 g/mol. The number of benzene rings is 1. The van der Waals surface area contributed by atoms with E-state index < -0.39 is 45.0 Å². The van der Waals surface area contributed by atoms with E-state index in [1.165, 1.54) is 12.1 Å². The lowest BCUT2D eigenvalue weighted by molar-refractivity contribution is -0.131. The van der Waals surface area contributed by atoms with Crippen LogP contribution in [0.3, 0.4) is 0 Å². The summed E-state index contributed by atoms with van der Waals surface area (Å²) in [5.74, 6) is -4.10. The first kappa shape index (κ1) is 20.5. The predicted molar refractivity (Wildman–Crippen MR) is 97.9 cm³/mol. The molecule has 26 heavy (non-hydrogen) atoms. The molecule has 2 rings (SSSR count). The number of sulfonamides is 1. The lowest BCUT2D eigenvalue weighted by Gasteiger charge is -2.06. The summed E-state index contributed by atoms with van der Waals surface area (Å²) < 4.78 is 50.4. The Morgan fingerprint density at radius 2 is 2.15 bits per heavy atom. The standard InChI is InChI=1S/C15H14BrClFNO6S/c1-8(20)24-14-12(21)13(10-4-3-9(17)7-11(10)18)25-15(14)19-26(22,23)6-2-5-16/h3-4,7,19,21H,2,5-6H2,1H3. The van der Waals surface area contributed by atoms with E-state index in [4.69, 9.17) is 20.8 Å². The molecule has 2 aromatic rings. The van der Waals surface area contributed by atoms with E-state index in [1.807, 2.05) is 0 Å². The number of alkyl halides is 1. The molecule has 0 amide bonds. The van der Waals surface area contributed by atoms with Crippen LogP contribution < -0.4 is 9.46 Å². The second-order valence-corrected chi connectivity index (χ2v) is 8.19. The number of anilines is 1. The van der Waals surface area contributed by atoms with Crippen molar-refractivity contribution in [2.24, 2.45) is 0 Å². The third-order valence-corrected chi connectivity index (χ3v) is 5.18. The number of carbonyl (C=O) groups is 1. The Morgan fingerprint density at radius 3 is 2.73 bits per heavy atom. The molecule has 1 aromatic heterocycles. The van der Waals surface area contributed by atoms with Gasteiger partial charge in [0.05, 0.1) is 11.3 Å². The first-order valence-electron chi connectivity index (χ1n) is 7.20. The lowest BCUT2D eigenvalue weighted by Crippen LogP contribution is -2.17. The zero-order chi connectivity index (χ0) is 19.5. The number of ether oxygens (including phenoxy) is 1. The van der Waals surface area contributed by atoms with Crippen LogP contribution in [0.5, 0.6) is 11.5 Å². The highest BCUT2D eigenvalue weighted by molar-refractivity contribution is 9.09. The molecule has 2 N–H and O–H groups in total. The van der Waals surface area contributed by atoms with Gasteiger partial charge in [0.1, 0.15) is 5.82 Å². The van der Waals surface area contributed by atoms with Gasteiger partial charge in [0.2, 0.25) is 21.5 Å². The summed E-state index contributed by atoms with van der Waals surface area (Å²) in [6, 6.07) is 3.58. The second-order valence-electron chi connectivity index (χ2n) is 5.12. The van der Waals surface area contributed by atoms with Gasteiger partial charge in [0.15, 0.2) is 5.76 Å². The molecule has 0 bridgehead atoms. The lowest BCUT2D eigenvalue weighted by atomic mass is 10.1. The Labute approximate surface area is 162 Å². The van der Waals surface area contributed by atoms with E-state index >= 15 is 0 Å². The fourth-order valence-corrected chi connectivity index (χ4v) is 3.86. The van der Waals surface area contributed by atoms with Crippen molar-refractivity contribution in [3.63, 3.8) is 0 Å². The first-order chi connectivity index (χ1) is 12.1. The number of rotatable bonds is 7. The molecule has 11 heteroatoms. The molecule has 0 aliphatic carbocycles. The summed E-state index contributed by atoms with van der Waals surface area (Å²) in [7, 11) is -3.85. The number of hydrogen-bond acceptors (Lipinski definition) is 6. The molecule has 0 aliphatic heterocycles. The molecule has 7 nitrogen and oxygen atoms in total. The number of hydrogen-bond donors (Lipinski definition) is 2. The predicted octanol–water partition coefficient (Wildman–Crippen LogP) is 3.90. The Balaban J connectivity index is 2.52. The van der Waals surface area contributed by atoms with Gasteiger partial charge < -0.3 is 14.3 Å². The van der Waals surface area contributed by atoms with E-state index in [0.717, 1.165) is 13.0 Å². The van der Waals surface area contributed by atoms with Crippen molar-refractivity contribution >= 4 is 49.4 Å². The zero-order valence-electron chi connectivity index (χ0n) is 13.4. The zero-order valence-corrected chi connectivity index (χ0v) is 16.5. The van der Waals surface area contributed by atoms with Crippen molar-refractivity contribution in [1.82, 2.24) is 0 Å². The quantitative estimate of drug-likeness (QED) is 0.470. The molecule has 0 aliphatic rings. The van der Waals surface area contributed by atoms with Crippen LogP contribution in [0.4, 0.5) is 10.3 Å². The van der Waals surface area contributed by atoms with Crippen molar-refractivity contribution in [3.8, 4) is 22.8 Å². The molecular formula is C15H14BrClFNO6S. The number of nitrogens with one attached hydrogen (secondary N) is 1. The largest absolute Gasteiger partial charge is 0.502 e. The topological polar surface area (TPSA) is 106 Å². The first-order valence-corrected chi connectivity index (χ1v) is 10.4. The van der Waals surface area contributed by atoms with Gasteiger partial charge in [0.25, 0.3) is 5.88 Å². The Morgan fingerprint density at radius 1 is 1.46 bits per heavy atom. The maximum Gasteiger partial charge on any atom is 0.308 e. The van der Waals surface area contributed by atoms with Crippen LogP contribution in [0, 0.1) is 5.82 Å². The molecule has 0 unspecified atom stereocenters. The molecule has 0 saturated carbocycles. The van der Waals surface area contributed by atoms with Gasteiger partial charge in [-0.1, -0.05) is 27.5 Å². The average molecular weight is 471 g/mol. The highest BCUT2D eigenvalue weighted by Gasteiger charge is 2.28. The SMILES string of the molecule is CC(=O)Oc1c(NS(=O)(=O)CCCBr)oc(-c2ccc(Cl)cc2F)c1O. The van der Waals surface area contributed by atoms with Crippen molar-refractivity contribution < 1.29 is 31.9 Å². The van der Waals surface area contributed by atoms with Crippen LogP contribution >= 0.6 is 27.5 Å². The number of aromatic hydroxyl groups is 1. The van der Waals surface area contributed by atoms with E-state index in [-0.39, 0.29) is 16.3 Å². The molecule has 142 valence electrons. The van der Waals surface area contributed by atoms with Gasteiger partial charge in [-0.2, -0.15) is 0 Å². The molecule has 0 atom stereocenters. The van der Waals surface area contributed by atoms with Gasteiger partial charge in [-0.25, -0.2) is 17.5 Å². The number of halogens is 3. The van der Waals surface area contributed by atoms with E-state index in [0.29, 0.717) is 11.8 Å². The smallest absolute Gasteiger partial charge is 0.308 e. The van der Waals surface area contributed by atoms with Crippen molar-refractivity contribution in [2.45, 2.75) is 13.3 Å². The van der Waals surface area contributed by atoms with Gasteiger partial charge in [-0.15, -0.1) is 0 Å². The minimum absolute atomic E-state index is 0.119. The van der Waals surface area contributed by atoms with Gasteiger partial charge in [-0.3, -0.25) is 4.79 Å². The summed E-state index contributed by atoms with van der Waals surface area (Å²) in [6.45, 7) is 1.05. The Bertz CT molecular complexity index is 930. The minimum Gasteiger partial charge on any atom is -0.502 e. The fourth-order valence-electron chi connectivity index (χ4n) is 2.01.